The number of hydrogen-bond acceptors (Lipinski definition) is 6. The molecule has 2 heterocycles. The molecule has 3 rings (SSSR count). The van der Waals surface area contributed by atoms with E-state index in [1.165, 1.54) is 0 Å². The molecule has 3 atom stereocenters. The van der Waals surface area contributed by atoms with Crippen LogP contribution in [-0.2, 0) is 14.3 Å². The Morgan fingerprint density at radius 1 is 1.12 bits per heavy atom. The zero-order valence-electron chi connectivity index (χ0n) is 19.6. The molecule has 32 heavy (non-hydrogen) atoms. The number of anilines is 1. The minimum absolute atomic E-state index is 0.0101. The second-order valence-corrected chi connectivity index (χ2v) is 9.44. The summed E-state index contributed by atoms with van der Waals surface area (Å²) in [6.07, 6.45) is 0.489. The van der Waals surface area contributed by atoms with Gasteiger partial charge in [-0.05, 0) is 43.7 Å². The fraction of sp³-hybridized carbons (Fsp3) is 0.625. The topological polar surface area (TPSA) is 91.0 Å². The highest BCUT2D eigenvalue weighted by atomic mass is 16.5. The van der Waals surface area contributed by atoms with E-state index in [0.717, 1.165) is 31.9 Å². The molecule has 176 valence electrons. The van der Waals surface area contributed by atoms with Gasteiger partial charge in [0, 0.05) is 43.3 Å². The van der Waals surface area contributed by atoms with Crippen LogP contribution in [0.4, 0.5) is 5.69 Å². The zero-order chi connectivity index (χ0) is 23.3. The largest absolute Gasteiger partial charge is 0.373 e. The van der Waals surface area contributed by atoms with Crippen LogP contribution in [0.3, 0.4) is 0 Å². The Morgan fingerprint density at radius 3 is 2.38 bits per heavy atom. The summed E-state index contributed by atoms with van der Waals surface area (Å²) >= 11 is 0. The van der Waals surface area contributed by atoms with Crippen LogP contribution in [0.1, 0.15) is 37.6 Å². The van der Waals surface area contributed by atoms with Crippen LogP contribution in [0.2, 0.25) is 0 Å². The first kappa shape index (κ1) is 24.2. The standard InChI is InChI=1S/C24H36N4O4/c1-16(2)13-20(24(31)26-22-17(3)14-32-15-21(22)29)25-23(30)18-5-7-19(8-6-18)28-11-9-27(4)10-12-28/h5-8,16-17,20,22H,9-15H2,1-4H3,(H,25,30)(H,26,31)/t17-,20+,22+/m1/s1. The van der Waals surface area contributed by atoms with Crippen LogP contribution in [0.25, 0.3) is 0 Å². The lowest BCUT2D eigenvalue weighted by molar-refractivity contribution is -0.137. The molecule has 2 amide bonds. The molecule has 0 unspecified atom stereocenters. The Hall–Kier alpha value is -2.45. The molecule has 2 fully saturated rings. The van der Waals surface area contributed by atoms with Crippen molar-refractivity contribution in [2.24, 2.45) is 11.8 Å². The molecule has 8 heteroatoms. The van der Waals surface area contributed by atoms with E-state index in [1.807, 2.05) is 32.9 Å². The molecule has 8 nitrogen and oxygen atoms in total. The maximum absolute atomic E-state index is 13.0. The van der Waals surface area contributed by atoms with E-state index in [4.69, 9.17) is 4.74 Å². The van der Waals surface area contributed by atoms with Crippen molar-refractivity contribution in [3.8, 4) is 0 Å². The van der Waals surface area contributed by atoms with Crippen molar-refractivity contribution in [2.75, 3.05) is 51.3 Å². The third kappa shape index (κ3) is 6.29. The average Bonchev–Trinajstić information content (AvgIpc) is 2.76. The molecule has 0 aromatic heterocycles. The molecule has 1 aromatic carbocycles. The molecule has 0 saturated carbocycles. The molecule has 2 saturated heterocycles. The predicted octanol–water partition coefficient (Wildman–Crippen LogP) is 1.30. The smallest absolute Gasteiger partial charge is 0.251 e. The van der Waals surface area contributed by atoms with Crippen molar-refractivity contribution < 1.29 is 19.1 Å². The quantitative estimate of drug-likeness (QED) is 0.659. The maximum atomic E-state index is 13.0. The number of benzene rings is 1. The molecule has 0 bridgehead atoms. The highest BCUT2D eigenvalue weighted by molar-refractivity contribution is 5.99. The Morgan fingerprint density at radius 2 is 1.78 bits per heavy atom. The first-order valence-corrected chi connectivity index (χ1v) is 11.5. The number of nitrogens with zero attached hydrogens (tertiary/aromatic N) is 2. The van der Waals surface area contributed by atoms with E-state index in [0.29, 0.717) is 18.6 Å². The summed E-state index contributed by atoms with van der Waals surface area (Å²) in [4.78, 5) is 42.6. The summed E-state index contributed by atoms with van der Waals surface area (Å²) in [6, 6.07) is 6.24. The molecule has 2 aliphatic rings. The van der Waals surface area contributed by atoms with E-state index < -0.39 is 12.1 Å². The highest BCUT2D eigenvalue weighted by Crippen LogP contribution is 2.18. The van der Waals surface area contributed by atoms with Crippen molar-refractivity contribution in [3.63, 3.8) is 0 Å². The Bertz CT molecular complexity index is 803. The SMILES string of the molecule is CC(C)C[C@H](NC(=O)c1ccc(N2CCN(C)CC2)cc1)C(=O)N[C@@H]1C(=O)COC[C@H]1C. The van der Waals surface area contributed by atoms with Crippen molar-refractivity contribution in [3.05, 3.63) is 29.8 Å². The maximum Gasteiger partial charge on any atom is 0.251 e. The second kappa shape index (κ2) is 10.9. The summed E-state index contributed by atoms with van der Waals surface area (Å²) in [5, 5.41) is 5.72. The summed E-state index contributed by atoms with van der Waals surface area (Å²) in [5.41, 5.74) is 1.61. The van der Waals surface area contributed by atoms with E-state index >= 15 is 0 Å². The summed E-state index contributed by atoms with van der Waals surface area (Å²) in [5.74, 6) is -0.646. The Balaban J connectivity index is 1.63. The normalized spacial score (nSPS) is 23.2. The number of nitrogens with one attached hydrogen (secondary N) is 2. The van der Waals surface area contributed by atoms with Crippen LogP contribution in [0.5, 0.6) is 0 Å². The van der Waals surface area contributed by atoms with Gasteiger partial charge in [0.2, 0.25) is 5.91 Å². The first-order valence-electron chi connectivity index (χ1n) is 11.5. The molecular weight excluding hydrogens is 408 g/mol. The highest BCUT2D eigenvalue weighted by Gasteiger charge is 2.33. The summed E-state index contributed by atoms with van der Waals surface area (Å²) in [6.45, 7) is 10.3. The van der Waals surface area contributed by atoms with Crippen LogP contribution >= 0.6 is 0 Å². The van der Waals surface area contributed by atoms with Gasteiger partial charge < -0.3 is 25.2 Å². The van der Waals surface area contributed by atoms with Crippen LogP contribution in [0, 0.1) is 11.8 Å². The summed E-state index contributed by atoms with van der Waals surface area (Å²) in [7, 11) is 2.12. The van der Waals surface area contributed by atoms with Gasteiger partial charge in [0.05, 0.1) is 12.6 Å². The number of rotatable bonds is 7. The summed E-state index contributed by atoms with van der Waals surface area (Å²) < 4.78 is 5.24. The monoisotopic (exact) mass is 444 g/mol. The molecule has 2 N–H and O–H groups in total. The number of Topliss-reactive ketones (excluding diaryl/α,β-unsaturated/α-hetero) is 1. The van der Waals surface area contributed by atoms with Gasteiger partial charge in [-0.25, -0.2) is 0 Å². The number of piperazine rings is 1. The van der Waals surface area contributed by atoms with Gasteiger partial charge in [-0.3, -0.25) is 14.4 Å². The van der Waals surface area contributed by atoms with Crippen molar-refractivity contribution in [1.29, 1.82) is 0 Å². The third-order valence-electron chi connectivity index (χ3n) is 6.17. The fourth-order valence-electron chi connectivity index (χ4n) is 4.16. The minimum atomic E-state index is -0.706. The average molecular weight is 445 g/mol. The van der Waals surface area contributed by atoms with E-state index in [1.54, 1.807) is 12.1 Å². The van der Waals surface area contributed by atoms with E-state index in [9.17, 15) is 14.4 Å². The number of amides is 2. The fourth-order valence-corrected chi connectivity index (χ4v) is 4.16. The molecule has 0 aliphatic carbocycles. The third-order valence-corrected chi connectivity index (χ3v) is 6.17. The van der Waals surface area contributed by atoms with Gasteiger partial charge in [0.15, 0.2) is 5.78 Å². The lowest BCUT2D eigenvalue weighted by Gasteiger charge is -2.34. The lowest BCUT2D eigenvalue weighted by Crippen LogP contribution is -2.56. The number of carbonyl (C=O) groups excluding carboxylic acids is 3. The van der Waals surface area contributed by atoms with Crippen LogP contribution in [0.15, 0.2) is 24.3 Å². The second-order valence-electron chi connectivity index (χ2n) is 9.44. The molecule has 2 aliphatic heterocycles. The number of ether oxygens (including phenoxy) is 1. The number of ketones is 1. The Kier molecular flexibility index (Phi) is 8.26. The Labute approximate surface area is 190 Å². The van der Waals surface area contributed by atoms with Gasteiger partial charge in [-0.1, -0.05) is 20.8 Å². The zero-order valence-corrected chi connectivity index (χ0v) is 19.6. The van der Waals surface area contributed by atoms with Gasteiger partial charge in [-0.2, -0.15) is 0 Å². The predicted molar refractivity (Wildman–Crippen MR) is 124 cm³/mol. The van der Waals surface area contributed by atoms with Gasteiger partial charge in [-0.15, -0.1) is 0 Å². The van der Waals surface area contributed by atoms with Gasteiger partial charge >= 0.3 is 0 Å². The van der Waals surface area contributed by atoms with Crippen molar-refractivity contribution in [2.45, 2.75) is 39.3 Å². The van der Waals surface area contributed by atoms with E-state index in [-0.39, 0.29) is 36.0 Å². The minimum Gasteiger partial charge on any atom is -0.373 e. The number of carbonyl (C=O) groups is 3. The first-order chi connectivity index (χ1) is 15.2. The van der Waals surface area contributed by atoms with E-state index in [2.05, 4.69) is 27.5 Å². The van der Waals surface area contributed by atoms with Gasteiger partial charge in [0.25, 0.3) is 5.91 Å². The molecule has 1 aromatic rings. The number of likely N-dealkylation sites (N-methyl/N-ethyl adjacent to an activating group) is 1. The van der Waals surface area contributed by atoms with Gasteiger partial charge in [0.1, 0.15) is 12.6 Å². The van der Waals surface area contributed by atoms with Crippen molar-refractivity contribution in [1.82, 2.24) is 15.5 Å². The molecule has 0 spiro atoms. The van der Waals surface area contributed by atoms with Crippen LogP contribution < -0.4 is 15.5 Å². The molecule has 0 radical (unpaired) electrons. The van der Waals surface area contributed by atoms with Crippen molar-refractivity contribution >= 4 is 23.3 Å². The van der Waals surface area contributed by atoms with Crippen LogP contribution in [-0.4, -0.2) is 81.0 Å². The lowest BCUT2D eigenvalue weighted by atomic mass is 9.95. The number of hydrogen-bond donors (Lipinski definition) is 2. The molecular formula is C24H36N4O4.